The lowest BCUT2D eigenvalue weighted by molar-refractivity contribution is -0.384. The molecule has 0 radical (unpaired) electrons. The standard InChI is InChI=1S/C14H15N3O4S/c1-16(13(18)7-8-21-2)14-15-11(9-22-14)10-5-3-4-6-12(10)17(19)20/h3-6,9H,7-8H2,1-2H3. The van der Waals surface area contributed by atoms with E-state index in [2.05, 4.69) is 4.98 Å². The van der Waals surface area contributed by atoms with Crippen LogP contribution in [0.4, 0.5) is 10.8 Å². The summed E-state index contributed by atoms with van der Waals surface area (Å²) in [5.74, 6) is -0.120. The third-order valence-corrected chi connectivity index (χ3v) is 3.97. The maximum Gasteiger partial charge on any atom is 0.278 e. The molecule has 1 aromatic carbocycles. The van der Waals surface area contributed by atoms with Crippen LogP contribution in [-0.4, -0.2) is 36.6 Å². The first-order valence-electron chi connectivity index (χ1n) is 6.49. The number of hydrogen-bond acceptors (Lipinski definition) is 6. The van der Waals surface area contributed by atoms with Gasteiger partial charge in [-0.25, -0.2) is 4.98 Å². The second kappa shape index (κ2) is 7.10. The predicted octanol–water partition coefficient (Wildman–Crippen LogP) is 2.72. The molecule has 0 saturated heterocycles. The van der Waals surface area contributed by atoms with Gasteiger partial charge in [0.1, 0.15) is 0 Å². The van der Waals surface area contributed by atoms with Crippen LogP contribution in [-0.2, 0) is 9.53 Å². The van der Waals surface area contributed by atoms with Crippen molar-refractivity contribution in [2.75, 3.05) is 25.7 Å². The topological polar surface area (TPSA) is 85.6 Å². The number of benzene rings is 1. The fourth-order valence-corrected chi connectivity index (χ4v) is 2.66. The van der Waals surface area contributed by atoms with E-state index in [0.717, 1.165) is 0 Å². The monoisotopic (exact) mass is 321 g/mol. The van der Waals surface area contributed by atoms with E-state index < -0.39 is 4.92 Å². The molecule has 0 aliphatic rings. The summed E-state index contributed by atoms with van der Waals surface area (Å²) in [5, 5.41) is 13.3. The van der Waals surface area contributed by atoms with E-state index in [1.165, 1.54) is 29.4 Å². The molecule has 0 aliphatic carbocycles. The lowest BCUT2D eigenvalue weighted by Gasteiger charge is -2.13. The first kappa shape index (κ1) is 16.1. The molecule has 1 amide bonds. The number of anilines is 1. The molecule has 7 nitrogen and oxygen atoms in total. The molecule has 0 unspecified atom stereocenters. The summed E-state index contributed by atoms with van der Waals surface area (Å²) in [6.07, 6.45) is 0.257. The lowest BCUT2D eigenvalue weighted by Crippen LogP contribution is -2.26. The Labute approximate surface area is 131 Å². The average Bonchev–Trinajstić information content (AvgIpc) is 3.01. The van der Waals surface area contributed by atoms with Gasteiger partial charge in [-0.05, 0) is 6.07 Å². The van der Waals surface area contributed by atoms with Crippen LogP contribution in [0.1, 0.15) is 6.42 Å². The van der Waals surface area contributed by atoms with Crippen molar-refractivity contribution in [2.45, 2.75) is 6.42 Å². The first-order chi connectivity index (χ1) is 10.5. The molecule has 2 rings (SSSR count). The van der Waals surface area contributed by atoms with Crippen molar-refractivity contribution in [1.29, 1.82) is 0 Å². The largest absolute Gasteiger partial charge is 0.384 e. The number of nitrogens with zero attached hydrogens (tertiary/aromatic N) is 3. The van der Waals surface area contributed by atoms with Crippen LogP contribution in [0.5, 0.6) is 0 Å². The highest BCUT2D eigenvalue weighted by Gasteiger charge is 2.19. The van der Waals surface area contributed by atoms with Gasteiger partial charge < -0.3 is 4.74 Å². The van der Waals surface area contributed by atoms with Crippen molar-refractivity contribution in [2.24, 2.45) is 0 Å². The van der Waals surface area contributed by atoms with Gasteiger partial charge in [0, 0.05) is 25.6 Å². The zero-order valence-electron chi connectivity index (χ0n) is 12.2. The summed E-state index contributed by atoms with van der Waals surface area (Å²) in [4.78, 5) is 28.3. The number of thiazole rings is 1. The van der Waals surface area contributed by atoms with Crippen molar-refractivity contribution in [3.63, 3.8) is 0 Å². The van der Waals surface area contributed by atoms with E-state index in [0.29, 0.717) is 23.0 Å². The molecule has 0 N–H and O–H groups in total. The van der Waals surface area contributed by atoms with Crippen LogP contribution in [0.15, 0.2) is 29.6 Å². The molecule has 0 bridgehead atoms. The second-order valence-corrected chi connectivity index (χ2v) is 5.32. The van der Waals surface area contributed by atoms with Gasteiger partial charge in [-0.15, -0.1) is 11.3 Å². The number of methoxy groups -OCH3 is 1. The molecule has 0 atom stereocenters. The Morgan fingerprint density at radius 3 is 2.86 bits per heavy atom. The Morgan fingerprint density at radius 1 is 1.45 bits per heavy atom. The zero-order chi connectivity index (χ0) is 16.1. The minimum absolute atomic E-state index is 0.00675. The lowest BCUT2D eigenvalue weighted by atomic mass is 10.1. The number of ether oxygens (including phenoxy) is 1. The van der Waals surface area contributed by atoms with Gasteiger partial charge >= 0.3 is 0 Å². The molecular weight excluding hydrogens is 306 g/mol. The summed E-state index contributed by atoms with van der Waals surface area (Å²) in [6, 6.07) is 6.40. The Morgan fingerprint density at radius 2 is 2.18 bits per heavy atom. The van der Waals surface area contributed by atoms with Gasteiger partial charge in [0.15, 0.2) is 5.13 Å². The predicted molar refractivity (Wildman–Crippen MR) is 84.1 cm³/mol. The third-order valence-electron chi connectivity index (χ3n) is 3.05. The number of nitro benzene ring substituents is 1. The normalized spacial score (nSPS) is 10.5. The summed E-state index contributed by atoms with van der Waals surface area (Å²) in [7, 11) is 3.16. The highest BCUT2D eigenvalue weighted by atomic mass is 32.1. The van der Waals surface area contributed by atoms with E-state index in [4.69, 9.17) is 4.74 Å². The maximum atomic E-state index is 11.9. The number of carbonyl (C=O) groups is 1. The smallest absolute Gasteiger partial charge is 0.278 e. The second-order valence-electron chi connectivity index (χ2n) is 4.49. The number of aromatic nitrogens is 1. The number of amides is 1. The highest BCUT2D eigenvalue weighted by Crippen LogP contribution is 2.32. The van der Waals surface area contributed by atoms with Gasteiger partial charge in [-0.2, -0.15) is 0 Å². The molecule has 8 heteroatoms. The van der Waals surface area contributed by atoms with Gasteiger partial charge in [-0.1, -0.05) is 12.1 Å². The van der Waals surface area contributed by atoms with Crippen molar-refractivity contribution >= 4 is 28.1 Å². The van der Waals surface area contributed by atoms with Crippen LogP contribution in [0, 0.1) is 10.1 Å². The van der Waals surface area contributed by atoms with Crippen molar-refractivity contribution in [3.05, 3.63) is 39.8 Å². The van der Waals surface area contributed by atoms with Crippen LogP contribution >= 0.6 is 11.3 Å². The minimum Gasteiger partial charge on any atom is -0.384 e. The number of nitro groups is 1. The number of para-hydroxylation sites is 1. The molecular formula is C14H15N3O4S. The Kier molecular flexibility index (Phi) is 5.18. The van der Waals surface area contributed by atoms with Crippen LogP contribution in [0.25, 0.3) is 11.3 Å². The van der Waals surface area contributed by atoms with Crippen molar-refractivity contribution in [1.82, 2.24) is 4.98 Å². The maximum absolute atomic E-state index is 11.9. The highest BCUT2D eigenvalue weighted by molar-refractivity contribution is 7.14. The molecule has 1 heterocycles. The molecule has 0 spiro atoms. The van der Waals surface area contributed by atoms with E-state index in [1.54, 1.807) is 30.6 Å². The molecule has 1 aromatic heterocycles. The van der Waals surface area contributed by atoms with Gasteiger partial charge in [0.2, 0.25) is 5.91 Å². The zero-order valence-corrected chi connectivity index (χ0v) is 13.0. The van der Waals surface area contributed by atoms with Crippen molar-refractivity contribution in [3.8, 4) is 11.3 Å². The fraction of sp³-hybridized carbons (Fsp3) is 0.286. The summed E-state index contributed by atoms with van der Waals surface area (Å²) in [6.45, 7) is 0.339. The van der Waals surface area contributed by atoms with E-state index >= 15 is 0 Å². The number of rotatable bonds is 6. The van der Waals surface area contributed by atoms with E-state index in [-0.39, 0.29) is 18.0 Å². The van der Waals surface area contributed by atoms with E-state index in [9.17, 15) is 14.9 Å². The van der Waals surface area contributed by atoms with E-state index in [1.807, 2.05) is 0 Å². The SMILES string of the molecule is COCCC(=O)N(C)c1nc(-c2ccccc2[N+](=O)[O-])cs1. The molecule has 22 heavy (non-hydrogen) atoms. The Balaban J connectivity index is 2.25. The minimum atomic E-state index is -0.443. The first-order valence-corrected chi connectivity index (χ1v) is 7.37. The third kappa shape index (κ3) is 3.46. The van der Waals surface area contributed by atoms with Gasteiger partial charge in [0.05, 0.1) is 29.2 Å². The molecule has 116 valence electrons. The number of hydrogen-bond donors (Lipinski definition) is 0. The van der Waals surface area contributed by atoms with Crippen LogP contribution in [0.2, 0.25) is 0 Å². The molecule has 0 aliphatic heterocycles. The van der Waals surface area contributed by atoms with Crippen LogP contribution < -0.4 is 4.90 Å². The summed E-state index contributed by atoms with van der Waals surface area (Å²) >= 11 is 1.27. The average molecular weight is 321 g/mol. The van der Waals surface area contributed by atoms with Gasteiger partial charge in [0.25, 0.3) is 5.69 Å². The molecule has 0 fully saturated rings. The molecule has 0 saturated carbocycles. The summed E-state index contributed by atoms with van der Waals surface area (Å²) in [5.41, 5.74) is 0.916. The quantitative estimate of drug-likeness (QED) is 0.603. The Hall–Kier alpha value is -2.32. The van der Waals surface area contributed by atoms with Crippen LogP contribution in [0.3, 0.4) is 0 Å². The molecule has 2 aromatic rings. The van der Waals surface area contributed by atoms with Gasteiger partial charge in [-0.3, -0.25) is 19.8 Å². The van der Waals surface area contributed by atoms with Crippen molar-refractivity contribution < 1.29 is 14.5 Å². The fourth-order valence-electron chi connectivity index (χ4n) is 1.86. The Bertz CT molecular complexity index is 686. The number of carbonyl (C=O) groups excluding carboxylic acids is 1. The summed E-state index contributed by atoms with van der Waals surface area (Å²) < 4.78 is 4.88.